The highest BCUT2D eigenvalue weighted by atomic mass is 16.5. The van der Waals surface area contributed by atoms with E-state index in [4.69, 9.17) is 4.74 Å². The minimum atomic E-state index is -0.561. The Labute approximate surface area is 113 Å². The summed E-state index contributed by atoms with van der Waals surface area (Å²) in [6.45, 7) is 6.12. The van der Waals surface area contributed by atoms with Crippen LogP contribution < -0.4 is 5.32 Å². The number of hydrogen-bond donors (Lipinski definition) is 1. The first-order chi connectivity index (χ1) is 9.02. The molecular weight excluding hydrogens is 242 g/mol. The standard InChI is InChI=1S/C15H19NO3/c1-4-19-15(18)14-12(8-13(17)16-14)11-6-5-9(2)7-10(11)3/h5-7,12,14H,4,8H2,1-3H3,(H,16,17). The zero-order chi connectivity index (χ0) is 14.0. The van der Waals surface area contributed by atoms with E-state index in [1.807, 2.05) is 26.0 Å². The maximum atomic E-state index is 11.9. The third-order valence-electron chi connectivity index (χ3n) is 3.49. The number of esters is 1. The number of rotatable bonds is 3. The molecule has 102 valence electrons. The van der Waals surface area contributed by atoms with Crippen LogP contribution in [0.3, 0.4) is 0 Å². The summed E-state index contributed by atoms with van der Waals surface area (Å²) in [5.41, 5.74) is 3.32. The largest absolute Gasteiger partial charge is 0.464 e. The highest BCUT2D eigenvalue weighted by Crippen LogP contribution is 2.31. The molecule has 1 fully saturated rings. The van der Waals surface area contributed by atoms with Gasteiger partial charge in [-0.2, -0.15) is 0 Å². The second-order valence-electron chi connectivity index (χ2n) is 4.97. The fourth-order valence-electron chi connectivity index (χ4n) is 2.64. The van der Waals surface area contributed by atoms with Crippen molar-refractivity contribution in [2.75, 3.05) is 6.61 Å². The van der Waals surface area contributed by atoms with E-state index in [1.54, 1.807) is 6.92 Å². The van der Waals surface area contributed by atoms with Gasteiger partial charge in [-0.1, -0.05) is 23.8 Å². The fourth-order valence-corrected chi connectivity index (χ4v) is 2.64. The topological polar surface area (TPSA) is 55.4 Å². The number of hydrogen-bond acceptors (Lipinski definition) is 3. The molecule has 0 aromatic heterocycles. The van der Waals surface area contributed by atoms with Crippen LogP contribution in [-0.4, -0.2) is 24.5 Å². The summed E-state index contributed by atoms with van der Waals surface area (Å²) in [6, 6.07) is 5.52. The van der Waals surface area contributed by atoms with Crippen molar-refractivity contribution in [1.29, 1.82) is 0 Å². The molecule has 1 N–H and O–H groups in total. The average molecular weight is 261 g/mol. The van der Waals surface area contributed by atoms with Crippen molar-refractivity contribution in [3.05, 3.63) is 34.9 Å². The maximum Gasteiger partial charge on any atom is 0.329 e. The predicted octanol–water partition coefficient (Wildman–Crippen LogP) is 1.84. The normalized spacial score (nSPS) is 22.2. The Balaban J connectivity index is 2.30. The van der Waals surface area contributed by atoms with E-state index in [2.05, 4.69) is 11.4 Å². The monoisotopic (exact) mass is 261 g/mol. The number of aryl methyl sites for hydroxylation is 2. The van der Waals surface area contributed by atoms with Crippen LogP contribution in [0.5, 0.6) is 0 Å². The van der Waals surface area contributed by atoms with Crippen LogP contribution in [0, 0.1) is 13.8 Å². The van der Waals surface area contributed by atoms with Gasteiger partial charge in [0, 0.05) is 12.3 Å². The molecule has 1 amide bonds. The molecule has 0 spiro atoms. The Morgan fingerprint density at radius 1 is 1.42 bits per heavy atom. The SMILES string of the molecule is CCOC(=O)C1NC(=O)CC1c1ccc(C)cc1C. The van der Waals surface area contributed by atoms with Gasteiger partial charge in [-0.25, -0.2) is 4.79 Å². The average Bonchev–Trinajstić information content (AvgIpc) is 2.71. The highest BCUT2D eigenvalue weighted by Gasteiger charge is 2.39. The summed E-state index contributed by atoms with van der Waals surface area (Å²) in [7, 11) is 0. The molecule has 4 nitrogen and oxygen atoms in total. The van der Waals surface area contributed by atoms with Gasteiger partial charge in [-0.05, 0) is 31.9 Å². The third kappa shape index (κ3) is 2.78. The first kappa shape index (κ1) is 13.6. The quantitative estimate of drug-likeness (QED) is 0.845. The fraction of sp³-hybridized carbons (Fsp3) is 0.467. The van der Waals surface area contributed by atoms with E-state index in [0.717, 1.165) is 11.1 Å². The molecule has 0 bridgehead atoms. The predicted molar refractivity (Wildman–Crippen MR) is 71.8 cm³/mol. The van der Waals surface area contributed by atoms with Crippen LogP contribution in [0.1, 0.15) is 36.0 Å². The summed E-state index contributed by atoms with van der Waals surface area (Å²) < 4.78 is 5.04. The molecule has 1 aromatic rings. The van der Waals surface area contributed by atoms with Crippen molar-refractivity contribution >= 4 is 11.9 Å². The summed E-state index contributed by atoms with van der Waals surface area (Å²) in [5.74, 6) is -0.575. The van der Waals surface area contributed by atoms with Crippen LogP contribution in [-0.2, 0) is 14.3 Å². The number of carbonyl (C=O) groups is 2. The van der Waals surface area contributed by atoms with E-state index in [-0.39, 0.29) is 17.8 Å². The van der Waals surface area contributed by atoms with E-state index in [1.165, 1.54) is 5.56 Å². The molecule has 0 saturated carbocycles. The molecule has 1 aliphatic rings. The molecule has 0 radical (unpaired) electrons. The van der Waals surface area contributed by atoms with Gasteiger partial charge in [0.2, 0.25) is 5.91 Å². The molecule has 2 atom stereocenters. The van der Waals surface area contributed by atoms with Gasteiger partial charge in [-0.15, -0.1) is 0 Å². The van der Waals surface area contributed by atoms with E-state index < -0.39 is 6.04 Å². The summed E-state index contributed by atoms with van der Waals surface area (Å²) in [5, 5.41) is 2.72. The lowest BCUT2D eigenvalue weighted by molar-refractivity contribution is -0.146. The Morgan fingerprint density at radius 3 is 2.79 bits per heavy atom. The third-order valence-corrected chi connectivity index (χ3v) is 3.49. The Hall–Kier alpha value is -1.84. The summed E-state index contributed by atoms with van der Waals surface area (Å²) >= 11 is 0. The van der Waals surface area contributed by atoms with Crippen molar-refractivity contribution < 1.29 is 14.3 Å². The molecular formula is C15H19NO3. The van der Waals surface area contributed by atoms with Crippen LogP contribution in [0.25, 0.3) is 0 Å². The van der Waals surface area contributed by atoms with Crippen molar-refractivity contribution in [1.82, 2.24) is 5.32 Å². The molecule has 1 aliphatic heterocycles. The van der Waals surface area contributed by atoms with Gasteiger partial charge < -0.3 is 10.1 Å². The molecule has 19 heavy (non-hydrogen) atoms. The minimum absolute atomic E-state index is 0.0944. The number of amides is 1. The van der Waals surface area contributed by atoms with Gasteiger partial charge in [0.1, 0.15) is 6.04 Å². The second-order valence-corrected chi connectivity index (χ2v) is 4.97. The molecule has 1 aromatic carbocycles. The van der Waals surface area contributed by atoms with Gasteiger partial charge in [0.15, 0.2) is 0 Å². The zero-order valence-corrected chi connectivity index (χ0v) is 11.5. The Bertz CT molecular complexity index is 510. The highest BCUT2D eigenvalue weighted by molar-refractivity contribution is 5.90. The van der Waals surface area contributed by atoms with E-state index in [0.29, 0.717) is 13.0 Å². The summed E-state index contributed by atoms with van der Waals surface area (Å²) in [6.07, 6.45) is 0.341. The lowest BCUT2D eigenvalue weighted by Gasteiger charge is -2.19. The van der Waals surface area contributed by atoms with Crippen molar-refractivity contribution in [3.8, 4) is 0 Å². The lowest BCUT2D eigenvalue weighted by Crippen LogP contribution is -2.37. The maximum absolute atomic E-state index is 11.9. The van der Waals surface area contributed by atoms with Crippen LogP contribution >= 0.6 is 0 Å². The number of nitrogens with one attached hydrogen (secondary N) is 1. The van der Waals surface area contributed by atoms with Crippen molar-refractivity contribution in [2.24, 2.45) is 0 Å². The molecule has 1 saturated heterocycles. The van der Waals surface area contributed by atoms with Crippen LogP contribution in [0.15, 0.2) is 18.2 Å². The molecule has 2 rings (SSSR count). The van der Waals surface area contributed by atoms with Crippen molar-refractivity contribution in [2.45, 2.75) is 39.2 Å². The van der Waals surface area contributed by atoms with Gasteiger partial charge >= 0.3 is 5.97 Å². The zero-order valence-electron chi connectivity index (χ0n) is 11.5. The summed E-state index contributed by atoms with van der Waals surface area (Å²) in [4.78, 5) is 23.5. The van der Waals surface area contributed by atoms with Gasteiger partial charge in [0.25, 0.3) is 0 Å². The Morgan fingerprint density at radius 2 is 2.16 bits per heavy atom. The molecule has 0 aliphatic carbocycles. The lowest BCUT2D eigenvalue weighted by atomic mass is 9.88. The van der Waals surface area contributed by atoms with Crippen LogP contribution in [0.2, 0.25) is 0 Å². The Kier molecular flexibility index (Phi) is 3.88. The molecule has 4 heteroatoms. The number of carbonyl (C=O) groups excluding carboxylic acids is 2. The van der Waals surface area contributed by atoms with Gasteiger partial charge in [-0.3, -0.25) is 4.79 Å². The van der Waals surface area contributed by atoms with E-state index >= 15 is 0 Å². The molecule has 1 heterocycles. The first-order valence-electron chi connectivity index (χ1n) is 6.56. The second kappa shape index (κ2) is 5.43. The first-order valence-corrected chi connectivity index (χ1v) is 6.56. The number of ether oxygens (including phenoxy) is 1. The van der Waals surface area contributed by atoms with Crippen LogP contribution in [0.4, 0.5) is 0 Å². The smallest absolute Gasteiger partial charge is 0.329 e. The number of benzene rings is 1. The van der Waals surface area contributed by atoms with E-state index in [9.17, 15) is 9.59 Å². The minimum Gasteiger partial charge on any atom is -0.464 e. The van der Waals surface area contributed by atoms with Crippen molar-refractivity contribution in [3.63, 3.8) is 0 Å². The molecule has 2 unspecified atom stereocenters. The van der Waals surface area contributed by atoms with Gasteiger partial charge in [0.05, 0.1) is 6.61 Å².